The number of hydrogen-bond acceptors (Lipinski definition) is 5. The van der Waals surface area contributed by atoms with Crippen LogP contribution >= 0.6 is 0 Å². The molecule has 0 unspecified atom stereocenters. The zero-order valence-electron chi connectivity index (χ0n) is 12.2. The number of methoxy groups -OCH3 is 1. The van der Waals surface area contributed by atoms with Gasteiger partial charge in [0.1, 0.15) is 0 Å². The van der Waals surface area contributed by atoms with Crippen LogP contribution in [0.1, 0.15) is 5.56 Å². The Bertz CT molecular complexity index is 867. The molecule has 122 valence electrons. The lowest BCUT2D eigenvalue weighted by Gasteiger charge is -2.10. The van der Waals surface area contributed by atoms with E-state index in [4.69, 9.17) is 4.74 Å². The minimum atomic E-state index is -4.08. The van der Waals surface area contributed by atoms with Gasteiger partial charge in [0.05, 0.1) is 22.6 Å². The molecule has 2 aromatic rings. The van der Waals surface area contributed by atoms with Crippen LogP contribution in [0.4, 0.5) is 15.8 Å². The number of nitrogens with one attached hydrogen (secondary N) is 1. The molecule has 0 aliphatic heterocycles. The van der Waals surface area contributed by atoms with Gasteiger partial charge in [0.15, 0.2) is 11.6 Å². The fraction of sp³-hybridized carbons (Fsp3) is 0.143. The molecular formula is C14H13FN2O5S. The first-order chi connectivity index (χ1) is 10.7. The first kappa shape index (κ1) is 16.7. The fourth-order valence-corrected chi connectivity index (χ4v) is 2.96. The second-order valence-electron chi connectivity index (χ2n) is 4.66. The maximum atomic E-state index is 13.6. The van der Waals surface area contributed by atoms with Crippen molar-refractivity contribution in [2.24, 2.45) is 0 Å². The average molecular weight is 340 g/mol. The van der Waals surface area contributed by atoms with Crippen molar-refractivity contribution in [3.63, 3.8) is 0 Å². The zero-order chi connectivity index (χ0) is 17.2. The summed E-state index contributed by atoms with van der Waals surface area (Å²) in [5.74, 6) is -0.916. The number of nitro groups is 1. The zero-order valence-corrected chi connectivity index (χ0v) is 13.1. The van der Waals surface area contributed by atoms with Crippen LogP contribution in [-0.2, 0) is 10.0 Å². The highest BCUT2D eigenvalue weighted by Crippen LogP contribution is 2.26. The predicted molar refractivity (Wildman–Crippen MR) is 81.6 cm³/mol. The predicted octanol–water partition coefficient (Wildman–Crippen LogP) is 2.85. The highest BCUT2D eigenvalue weighted by molar-refractivity contribution is 7.92. The molecule has 0 fully saturated rings. The summed E-state index contributed by atoms with van der Waals surface area (Å²) in [5.41, 5.74) is 0.193. The van der Waals surface area contributed by atoms with Gasteiger partial charge in [-0.3, -0.25) is 14.8 Å². The molecule has 0 spiro atoms. The number of hydrogen-bond donors (Lipinski definition) is 1. The molecule has 0 aliphatic carbocycles. The van der Waals surface area contributed by atoms with Gasteiger partial charge in [0.25, 0.3) is 15.7 Å². The summed E-state index contributed by atoms with van der Waals surface area (Å²) in [5, 5.41) is 10.9. The van der Waals surface area contributed by atoms with Crippen LogP contribution in [0.5, 0.6) is 5.75 Å². The Labute approximate surface area is 131 Å². The Morgan fingerprint density at radius 3 is 2.48 bits per heavy atom. The monoisotopic (exact) mass is 340 g/mol. The van der Waals surface area contributed by atoms with E-state index in [1.54, 1.807) is 0 Å². The standard InChI is InChI=1S/C14H13FN2O5S/c1-9-3-4-10(7-13(9)17(18)19)16-23(20,21)11-5-6-14(22-2)12(15)8-11/h3-8,16H,1-2H3. The number of benzene rings is 2. The van der Waals surface area contributed by atoms with Crippen molar-refractivity contribution < 1.29 is 22.5 Å². The van der Waals surface area contributed by atoms with Crippen molar-refractivity contribution in [2.45, 2.75) is 11.8 Å². The van der Waals surface area contributed by atoms with Crippen LogP contribution < -0.4 is 9.46 Å². The van der Waals surface area contributed by atoms with E-state index in [2.05, 4.69) is 4.72 Å². The van der Waals surface area contributed by atoms with Crippen molar-refractivity contribution in [2.75, 3.05) is 11.8 Å². The van der Waals surface area contributed by atoms with Crippen LogP contribution in [0.2, 0.25) is 0 Å². The van der Waals surface area contributed by atoms with Crippen LogP contribution in [0, 0.1) is 22.9 Å². The van der Waals surface area contributed by atoms with Gasteiger partial charge in [-0.2, -0.15) is 0 Å². The second kappa shape index (κ2) is 6.21. The molecule has 7 nitrogen and oxygen atoms in total. The molecule has 0 saturated carbocycles. The first-order valence-electron chi connectivity index (χ1n) is 6.36. The summed E-state index contributed by atoms with van der Waals surface area (Å²) in [7, 11) is -2.82. The number of rotatable bonds is 5. The third-order valence-electron chi connectivity index (χ3n) is 3.09. The Morgan fingerprint density at radius 2 is 1.91 bits per heavy atom. The van der Waals surface area contributed by atoms with Gasteiger partial charge in [-0.1, -0.05) is 6.07 Å². The number of anilines is 1. The van der Waals surface area contributed by atoms with Crippen LogP contribution in [0.15, 0.2) is 41.3 Å². The third-order valence-corrected chi connectivity index (χ3v) is 4.47. The lowest BCUT2D eigenvalue weighted by Crippen LogP contribution is -2.13. The van der Waals surface area contributed by atoms with E-state index >= 15 is 0 Å². The molecule has 0 amide bonds. The summed E-state index contributed by atoms with van der Waals surface area (Å²) in [4.78, 5) is 9.96. The van der Waals surface area contributed by atoms with Crippen molar-refractivity contribution in [3.05, 3.63) is 57.9 Å². The lowest BCUT2D eigenvalue weighted by atomic mass is 10.2. The molecule has 2 aromatic carbocycles. The molecule has 0 radical (unpaired) electrons. The lowest BCUT2D eigenvalue weighted by molar-refractivity contribution is -0.385. The molecule has 9 heteroatoms. The second-order valence-corrected chi connectivity index (χ2v) is 6.34. The van der Waals surface area contributed by atoms with Crippen molar-refractivity contribution >= 4 is 21.4 Å². The highest BCUT2D eigenvalue weighted by atomic mass is 32.2. The molecule has 0 aliphatic rings. The largest absolute Gasteiger partial charge is 0.494 e. The molecule has 1 N–H and O–H groups in total. The van der Waals surface area contributed by atoms with Gasteiger partial charge in [-0.15, -0.1) is 0 Å². The molecule has 2 rings (SSSR count). The molecule has 23 heavy (non-hydrogen) atoms. The van der Waals surface area contributed by atoms with E-state index in [-0.39, 0.29) is 22.0 Å². The van der Waals surface area contributed by atoms with Crippen LogP contribution in [-0.4, -0.2) is 20.5 Å². The summed E-state index contributed by atoms with van der Waals surface area (Å²) in [6, 6.07) is 7.08. The van der Waals surface area contributed by atoms with Crippen molar-refractivity contribution in [1.29, 1.82) is 0 Å². The smallest absolute Gasteiger partial charge is 0.274 e. The number of ether oxygens (including phenoxy) is 1. The Balaban J connectivity index is 2.37. The van der Waals surface area contributed by atoms with E-state index < -0.39 is 20.8 Å². The molecular weight excluding hydrogens is 327 g/mol. The van der Waals surface area contributed by atoms with E-state index in [0.717, 1.165) is 12.1 Å². The maximum absolute atomic E-state index is 13.6. The maximum Gasteiger partial charge on any atom is 0.274 e. The van der Waals surface area contributed by atoms with Gasteiger partial charge in [0.2, 0.25) is 0 Å². The van der Waals surface area contributed by atoms with E-state index in [9.17, 15) is 22.9 Å². The Kier molecular flexibility index (Phi) is 4.50. The van der Waals surface area contributed by atoms with E-state index in [1.165, 1.54) is 38.3 Å². The minimum Gasteiger partial charge on any atom is -0.494 e. The quantitative estimate of drug-likeness (QED) is 0.666. The van der Waals surface area contributed by atoms with Crippen molar-refractivity contribution in [3.8, 4) is 5.75 Å². The number of aryl methyl sites for hydroxylation is 1. The van der Waals surface area contributed by atoms with Gasteiger partial charge in [-0.05, 0) is 31.2 Å². The fourth-order valence-electron chi connectivity index (χ4n) is 1.90. The van der Waals surface area contributed by atoms with Crippen LogP contribution in [0.25, 0.3) is 0 Å². The summed E-state index contributed by atoms with van der Waals surface area (Å²) in [6.07, 6.45) is 0. The molecule has 0 aromatic heterocycles. The summed E-state index contributed by atoms with van der Waals surface area (Å²) in [6.45, 7) is 1.54. The average Bonchev–Trinajstić information content (AvgIpc) is 2.48. The van der Waals surface area contributed by atoms with Gasteiger partial charge in [0, 0.05) is 11.6 Å². The number of nitrogens with zero attached hydrogens (tertiary/aromatic N) is 1. The molecule has 0 heterocycles. The minimum absolute atomic E-state index is 0.0125. The SMILES string of the molecule is COc1ccc(S(=O)(=O)Nc2ccc(C)c([N+](=O)[O-])c2)cc1F. The van der Waals surface area contributed by atoms with Gasteiger partial charge < -0.3 is 4.74 Å². The highest BCUT2D eigenvalue weighted by Gasteiger charge is 2.19. The normalized spacial score (nSPS) is 11.1. The van der Waals surface area contributed by atoms with Gasteiger partial charge >= 0.3 is 0 Å². The molecule has 0 saturated heterocycles. The summed E-state index contributed by atoms with van der Waals surface area (Å²) >= 11 is 0. The molecule has 0 bridgehead atoms. The first-order valence-corrected chi connectivity index (χ1v) is 7.84. The summed E-state index contributed by atoms with van der Waals surface area (Å²) < 4.78 is 45.0. The Morgan fingerprint density at radius 1 is 1.22 bits per heavy atom. The molecule has 0 atom stereocenters. The number of sulfonamides is 1. The van der Waals surface area contributed by atoms with E-state index in [1.807, 2.05) is 0 Å². The number of halogens is 1. The van der Waals surface area contributed by atoms with Crippen molar-refractivity contribution in [1.82, 2.24) is 0 Å². The van der Waals surface area contributed by atoms with Gasteiger partial charge in [-0.25, -0.2) is 12.8 Å². The van der Waals surface area contributed by atoms with Crippen LogP contribution in [0.3, 0.4) is 0 Å². The topological polar surface area (TPSA) is 98.5 Å². The van der Waals surface area contributed by atoms with E-state index in [0.29, 0.717) is 5.56 Å². The third kappa shape index (κ3) is 3.57. The number of nitro benzene ring substituents is 1. The Hall–Kier alpha value is -2.68.